The van der Waals surface area contributed by atoms with Crippen LogP contribution in [0.4, 0.5) is 0 Å². The maximum absolute atomic E-state index is 7.15. The molecule has 0 aliphatic rings. The lowest BCUT2D eigenvalue weighted by molar-refractivity contribution is 0.722. The van der Waals surface area contributed by atoms with Crippen LogP contribution in [0.25, 0.3) is 0 Å². The van der Waals surface area contributed by atoms with Crippen LogP contribution < -0.4 is 5.73 Å². The average Bonchev–Trinajstić information content (AvgIpc) is 2.16. The van der Waals surface area contributed by atoms with Crippen LogP contribution in [0.2, 0.25) is 0 Å². The molecule has 1 aromatic heterocycles. The number of nitrogens with two attached hydrogens (primary N) is 1. The highest BCUT2D eigenvalue weighted by atomic mass is 79.9. The van der Waals surface area contributed by atoms with Gasteiger partial charge in [-0.1, -0.05) is 0 Å². The van der Waals surface area contributed by atoms with Gasteiger partial charge in [-0.15, -0.1) is 0 Å². The first-order chi connectivity index (χ1) is 5.52. The summed E-state index contributed by atoms with van der Waals surface area (Å²) in [4.78, 5) is 0. The Labute approximate surface area is 79.4 Å². The summed E-state index contributed by atoms with van der Waals surface area (Å²) in [5, 5.41) is 11.3. The summed E-state index contributed by atoms with van der Waals surface area (Å²) in [5.41, 5.74) is 7.16. The number of nitrogens with one attached hydrogen (secondary N) is 1. The van der Waals surface area contributed by atoms with E-state index in [1.165, 1.54) is 0 Å². The molecular weight excluding hydrogens is 220 g/mol. The molecule has 66 valence electrons. The minimum absolute atomic E-state index is 0.152. The largest absolute Gasteiger partial charge is 0.387 e. The van der Waals surface area contributed by atoms with E-state index in [-0.39, 0.29) is 5.84 Å². The Hall–Kier alpha value is -0.840. The fourth-order valence-corrected chi connectivity index (χ4v) is 1.53. The predicted octanol–water partition coefficient (Wildman–Crippen LogP) is 0.969. The number of aromatic nitrogens is 2. The zero-order valence-corrected chi connectivity index (χ0v) is 8.64. The van der Waals surface area contributed by atoms with E-state index in [1.54, 1.807) is 4.68 Å². The molecule has 1 rings (SSSR count). The van der Waals surface area contributed by atoms with Gasteiger partial charge in [0.25, 0.3) is 0 Å². The molecule has 0 aliphatic carbocycles. The molecule has 4 nitrogen and oxygen atoms in total. The number of rotatable bonds is 2. The molecule has 0 unspecified atom stereocenters. The van der Waals surface area contributed by atoms with E-state index in [0.717, 1.165) is 15.9 Å². The van der Waals surface area contributed by atoms with Gasteiger partial charge in [0.1, 0.15) is 0 Å². The van der Waals surface area contributed by atoms with E-state index in [2.05, 4.69) is 21.0 Å². The smallest absolute Gasteiger partial charge is 0.0966 e. The molecule has 0 amide bonds. The van der Waals surface area contributed by atoms with Gasteiger partial charge >= 0.3 is 0 Å². The maximum Gasteiger partial charge on any atom is 0.0966 e. The molecule has 0 saturated carbocycles. The number of aryl methyl sites for hydroxylation is 2. The van der Waals surface area contributed by atoms with Gasteiger partial charge in [-0.3, -0.25) is 10.1 Å². The Kier molecular flexibility index (Phi) is 2.52. The van der Waals surface area contributed by atoms with E-state index in [9.17, 15) is 0 Å². The van der Waals surface area contributed by atoms with Crippen molar-refractivity contribution in [2.45, 2.75) is 13.3 Å². The summed E-state index contributed by atoms with van der Waals surface area (Å²) in [6.07, 6.45) is 0.442. The highest BCUT2D eigenvalue weighted by Crippen LogP contribution is 2.20. The van der Waals surface area contributed by atoms with Gasteiger partial charge < -0.3 is 5.73 Å². The van der Waals surface area contributed by atoms with Gasteiger partial charge in [-0.05, 0) is 22.9 Å². The topological polar surface area (TPSA) is 67.7 Å². The second-order valence-corrected chi connectivity index (χ2v) is 3.46. The van der Waals surface area contributed by atoms with Crippen LogP contribution >= 0.6 is 15.9 Å². The third-order valence-electron chi connectivity index (χ3n) is 1.62. The second-order valence-electron chi connectivity index (χ2n) is 2.67. The summed E-state index contributed by atoms with van der Waals surface area (Å²) in [6, 6.07) is 0. The van der Waals surface area contributed by atoms with Gasteiger partial charge in [-0.2, -0.15) is 5.10 Å². The number of halogens is 1. The summed E-state index contributed by atoms with van der Waals surface area (Å²) in [6.45, 7) is 1.91. The Bertz CT molecular complexity index is 315. The first-order valence-electron chi connectivity index (χ1n) is 3.53. The Morgan fingerprint density at radius 1 is 1.75 bits per heavy atom. The molecule has 5 heteroatoms. The predicted molar refractivity (Wildman–Crippen MR) is 51.3 cm³/mol. The normalized spacial score (nSPS) is 10.2. The van der Waals surface area contributed by atoms with Gasteiger partial charge in [0.15, 0.2) is 0 Å². The Morgan fingerprint density at radius 3 is 2.67 bits per heavy atom. The first-order valence-corrected chi connectivity index (χ1v) is 4.32. The summed E-state index contributed by atoms with van der Waals surface area (Å²) in [5.74, 6) is 0.152. The van der Waals surface area contributed by atoms with E-state index < -0.39 is 0 Å². The van der Waals surface area contributed by atoms with E-state index in [4.69, 9.17) is 11.1 Å². The molecule has 3 N–H and O–H groups in total. The van der Waals surface area contributed by atoms with Crippen molar-refractivity contribution in [2.24, 2.45) is 12.8 Å². The number of nitrogens with zero attached hydrogens (tertiary/aromatic N) is 2. The molecule has 0 spiro atoms. The summed E-state index contributed by atoms with van der Waals surface area (Å²) >= 11 is 3.39. The standard InChI is InChI=1S/C7H11BrN4/c1-4-7(8)5(3-6(9)10)12(2)11-4/h3H2,1-2H3,(H3,9,10). The number of amidine groups is 1. The van der Waals surface area contributed by atoms with E-state index >= 15 is 0 Å². The molecule has 0 radical (unpaired) electrons. The molecule has 0 fully saturated rings. The van der Waals surface area contributed by atoms with Crippen LogP contribution in [0.1, 0.15) is 11.4 Å². The lowest BCUT2D eigenvalue weighted by atomic mass is 10.3. The molecule has 0 aliphatic heterocycles. The molecule has 0 atom stereocenters. The van der Waals surface area contributed by atoms with Crippen molar-refractivity contribution in [1.82, 2.24) is 9.78 Å². The highest BCUT2D eigenvalue weighted by molar-refractivity contribution is 9.10. The average molecular weight is 231 g/mol. The Balaban J connectivity index is 3.05. The summed E-state index contributed by atoms with van der Waals surface area (Å²) < 4.78 is 2.68. The maximum atomic E-state index is 7.15. The molecule has 0 saturated heterocycles. The monoisotopic (exact) mass is 230 g/mol. The third-order valence-corrected chi connectivity index (χ3v) is 2.65. The number of hydrogen-bond acceptors (Lipinski definition) is 2. The minimum atomic E-state index is 0.152. The molecule has 12 heavy (non-hydrogen) atoms. The molecular formula is C7H11BrN4. The molecule has 1 aromatic rings. The highest BCUT2D eigenvalue weighted by Gasteiger charge is 2.10. The van der Waals surface area contributed by atoms with Crippen molar-refractivity contribution in [3.63, 3.8) is 0 Å². The Morgan fingerprint density at radius 2 is 2.33 bits per heavy atom. The fraction of sp³-hybridized carbons (Fsp3) is 0.429. The quantitative estimate of drug-likeness (QED) is 0.588. The second kappa shape index (κ2) is 3.26. The van der Waals surface area contributed by atoms with Crippen molar-refractivity contribution in [2.75, 3.05) is 0 Å². The van der Waals surface area contributed by atoms with Gasteiger partial charge in [0.2, 0.25) is 0 Å². The fourth-order valence-electron chi connectivity index (χ4n) is 1.05. The minimum Gasteiger partial charge on any atom is -0.387 e. The van der Waals surface area contributed by atoms with Crippen LogP contribution in [0.3, 0.4) is 0 Å². The lowest BCUT2D eigenvalue weighted by Crippen LogP contribution is -2.15. The van der Waals surface area contributed by atoms with Crippen molar-refractivity contribution in [1.29, 1.82) is 5.41 Å². The molecule has 0 aromatic carbocycles. The zero-order valence-electron chi connectivity index (χ0n) is 7.06. The molecule has 0 bridgehead atoms. The zero-order chi connectivity index (χ0) is 9.30. The van der Waals surface area contributed by atoms with Gasteiger partial charge in [0, 0.05) is 13.5 Å². The SMILES string of the molecule is Cc1nn(C)c(CC(=N)N)c1Br. The van der Waals surface area contributed by atoms with Gasteiger partial charge in [-0.25, -0.2) is 0 Å². The third kappa shape index (κ3) is 1.66. The van der Waals surface area contributed by atoms with Crippen LogP contribution in [0, 0.1) is 12.3 Å². The van der Waals surface area contributed by atoms with Crippen molar-refractivity contribution >= 4 is 21.8 Å². The first kappa shape index (κ1) is 9.25. The molecule has 1 heterocycles. The van der Waals surface area contributed by atoms with Crippen LogP contribution in [0.15, 0.2) is 4.47 Å². The van der Waals surface area contributed by atoms with E-state index in [0.29, 0.717) is 6.42 Å². The summed E-state index contributed by atoms with van der Waals surface area (Å²) in [7, 11) is 1.84. The van der Waals surface area contributed by atoms with Crippen molar-refractivity contribution < 1.29 is 0 Å². The van der Waals surface area contributed by atoms with Crippen LogP contribution in [-0.2, 0) is 13.5 Å². The van der Waals surface area contributed by atoms with E-state index in [1.807, 2.05) is 14.0 Å². The van der Waals surface area contributed by atoms with Crippen LogP contribution in [0.5, 0.6) is 0 Å². The van der Waals surface area contributed by atoms with Crippen molar-refractivity contribution in [3.8, 4) is 0 Å². The number of hydrogen-bond donors (Lipinski definition) is 2. The van der Waals surface area contributed by atoms with Gasteiger partial charge in [0.05, 0.1) is 21.7 Å². The van der Waals surface area contributed by atoms with Crippen molar-refractivity contribution in [3.05, 3.63) is 15.9 Å². The van der Waals surface area contributed by atoms with Crippen LogP contribution in [-0.4, -0.2) is 15.6 Å². The lowest BCUT2D eigenvalue weighted by Gasteiger charge is -1.99.